The lowest BCUT2D eigenvalue weighted by Crippen LogP contribution is -2.41. The fourth-order valence-corrected chi connectivity index (χ4v) is 7.33. The average Bonchev–Trinajstić information content (AvgIpc) is 2.96. The molecule has 1 heterocycles. The third-order valence-electron chi connectivity index (χ3n) is 6.31. The third kappa shape index (κ3) is 6.76. The molecule has 0 atom stereocenters. The molecule has 0 spiro atoms. The summed E-state index contributed by atoms with van der Waals surface area (Å²) in [4.78, 5) is 13.1. The summed E-state index contributed by atoms with van der Waals surface area (Å²) < 4.78 is 66.1. The van der Waals surface area contributed by atoms with Crippen molar-refractivity contribution in [1.82, 2.24) is 9.62 Å². The maximum atomic E-state index is 13.8. The van der Waals surface area contributed by atoms with E-state index < -0.39 is 32.5 Å². The smallest absolute Gasteiger partial charge is 0.268 e. The highest BCUT2D eigenvalue weighted by molar-refractivity contribution is 7.93. The van der Waals surface area contributed by atoms with Crippen LogP contribution in [-0.4, -0.2) is 67.0 Å². The summed E-state index contributed by atoms with van der Waals surface area (Å²) in [7, 11) is -6.48. The summed E-state index contributed by atoms with van der Waals surface area (Å²) in [6.07, 6.45) is 0. The summed E-state index contributed by atoms with van der Waals surface area (Å²) in [5, 5.41) is 3.13. The van der Waals surface area contributed by atoms with Crippen LogP contribution >= 0.6 is 11.6 Å². The van der Waals surface area contributed by atoms with Crippen LogP contribution in [0.4, 0.5) is 5.69 Å². The van der Waals surface area contributed by atoms with Gasteiger partial charge in [0, 0.05) is 24.7 Å². The first-order valence-corrected chi connectivity index (χ1v) is 15.6. The van der Waals surface area contributed by atoms with E-state index in [0.717, 1.165) is 4.31 Å². The molecule has 1 aliphatic rings. The topological polar surface area (TPSA) is 122 Å². The molecular weight excluding hydrogens is 578 g/mol. The van der Waals surface area contributed by atoms with E-state index in [1.54, 1.807) is 31.2 Å². The van der Waals surface area contributed by atoms with E-state index >= 15 is 0 Å². The number of benzene rings is 3. The van der Waals surface area contributed by atoms with Gasteiger partial charge in [-0.3, -0.25) is 9.10 Å². The van der Waals surface area contributed by atoms with E-state index in [-0.39, 0.29) is 27.8 Å². The third-order valence-corrected chi connectivity index (χ3v) is 10.3. The summed E-state index contributed by atoms with van der Waals surface area (Å²) in [6, 6.07) is 17.1. The van der Waals surface area contributed by atoms with Crippen LogP contribution in [0.3, 0.4) is 0 Å². The Labute approximate surface area is 239 Å². The number of carbonyl (C=O) groups excluding carboxylic acids is 1. The number of nitrogens with one attached hydrogen (secondary N) is 1. The van der Waals surface area contributed by atoms with E-state index in [0.29, 0.717) is 42.5 Å². The molecule has 4 rings (SSSR count). The molecule has 1 aliphatic heterocycles. The SMILES string of the molecule is COc1ccc(C)cc1S(=O)(=O)N(CC(=O)NCc1ccc(S(=O)(=O)N2CCOCC2)cc1)c1ccc(Cl)cc1. The molecule has 1 N–H and O–H groups in total. The Bertz CT molecular complexity index is 1560. The van der Waals surface area contributed by atoms with E-state index in [9.17, 15) is 21.6 Å². The van der Waals surface area contributed by atoms with Gasteiger partial charge in [-0.2, -0.15) is 4.31 Å². The van der Waals surface area contributed by atoms with Crippen LogP contribution in [0.1, 0.15) is 11.1 Å². The molecule has 0 bridgehead atoms. The normalized spacial score (nSPS) is 14.5. The second-order valence-electron chi connectivity index (χ2n) is 9.08. The number of hydrogen-bond acceptors (Lipinski definition) is 7. The van der Waals surface area contributed by atoms with Gasteiger partial charge in [-0.25, -0.2) is 16.8 Å². The zero-order valence-electron chi connectivity index (χ0n) is 22.0. The van der Waals surface area contributed by atoms with Crippen LogP contribution in [0.15, 0.2) is 76.5 Å². The first-order valence-electron chi connectivity index (χ1n) is 12.4. The molecule has 0 saturated carbocycles. The standard InChI is InChI=1S/C27H30ClN3O7S2/c1-20-3-12-25(37-2)26(17-20)40(35,36)31(23-8-6-22(28)7-9-23)19-27(32)29-18-21-4-10-24(11-5-21)39(33,34)30-13-15-38-16-14-30/h3-12,17H,13-16,18-19H2,1-2H3,(H,29,32). The zero-order valence-corrected chi connectivity index (χ0v) is 24.4. The van der Waals surface area contributed by atoms with Crippen LogP contribution in [0.5, 0.6) is 5.75 Å². The Morgan fingerprint density at radius 1 is 1.00 bits per heavy atom. The Balaban J connectivity index is 1.51. The van der Waals surface area contributed by atoms with Gasteiger partial charge in [0.2, 0.25) is 15.9 Å². The molecule has 10 nitrogen and oxygen atoms in total. The molecule has 13 heteroatoms. The van der Waals surface area contributed by atoms with Gasteiger partial charge in [0.25, 0.3) is 10.0 Å². The van der Waals surface area contributed by atoms with E-state index in [4.69, 9.17) is 21.1 Å². The maximum Gasteiger partial charge on any atom is 0.268 e. The van der Waals surface area contributed by atoms with Crippen molar-refractivity contribution in [2.24, 2.45) is 0 Å². The quantitative estimate of drug-likeness (QED) is 0.376. The highest BCUT2D eigenvalue weighted by Gasteiger charge is 2.30. The molecule has 3 aromatic rings. The first kappa shape index (κ1) is 29.8. The molecule has 1 amide bonds. The van der Waals surface area contributed by atoms with Gasteiger partial charge in [-0.1, -0.05) is 29.8 Å². The minimum absolute atomic E-state index is 0.0684. The molecule has 3 aromatic carbocycles. The Hall–Kier alpha value is -3.16. The minimum atomic E-state index is -4.22. The number of amides is 1. The van der Waals surface area contributed by atoms with E-state index in [1.165, 1.54) is 53.9 Å². The van der Waals surface area contributed by atoms with Crippen molar-refractivity contribution < 1.29 is 31.1 Å². The second-order valence-corrected chi connectivity index (χ2v) is 13.3. The number of rotatable bonds is 10. The summed E-state index contributed by atoms with van der Waals surface area (Å²) >= 11 is 6.01. The van der Waals surface area contributed by atoms with Crippen LogP contribution in [-0.2, 0) is 36.1 Å². The Kier molecular flexibility index (Phi) is 9.37. The van der Waals surface area contributed by atoms with Gasteiger partial charge in [0.05, 0.1) is 30.9 Å². The zero-order chi connectivity index (χ0) is 28.9. The Morgan fingerprint density at radius 2 is 1.65 bits per heavy atom. The molecule has 214 valence electrons. The molecule has 40 heavy (non-hydrogen) atoms. The highest BCUT2D eigenvalue weighted by atomic mass is 35.5. The lowest BCUT2D eigenvalue weighted by atomic mass is 10.2. The van der Waals surface area contributed by atoms with Crippen molar-refractivity contribution in [1.29, 1.82) is 0 Å². The Morgan fingerprint density at radius 3 is 2.27 bits per heavy atom. The van der Waals surface area contributed by atoms with E-state index in [1.807, 2.05) is 0 Å². The van der Waals surface area contributed by atoms with Crippen LogP contribution in [0, 0.1) is 6.92 Å². The summed E-state index contributed by atoms with van der Waals surface area (Å²) in [5.74, 6) is -0.410. The predicted octanol–water partition coefficient (Wildman–Crippen LogP) is 3.19. The minimum Gasteiger partial charge on any atom is -0.495 e. The van der Waals surface area contributed by atoms with Gasteiger partial charge in [0.1, 0.15) is 17.2 Å². The van der Waals surface area contributed by atoms with Crippen molar-refractivity contribution in [2.45, 2.75) is 23.3 Å². The van der Waals surface area contributed by atoms with Gasteiger partial charge in [-0.15, -0.1) is 0 Å². The van der Waals surface area contributed by atoms with Crippen LogP contribution in [0.2, 0.25) is 5.02 Å². The summed E-state index contributed by atoms with van der Waals surface area (Å²) in [5.41, 5.74) is 1.61. The van der Waals surface area contributed by atoms with Crippen molar-refractivity contribution in [2.75, 3.05) is 44.3 Å². The van der Waals surface area contributed by atoms with Crippen LogP contribution < -0.4 is 14.4 Å². The number of hydrogen-bond donors (Lipinski definition) is 1. The number of halogens is 1. The summed E-state index contributed by atoms with van der Waals surface area (Å²) in [6.45, 7) is 2.60. The van der Waals surface area contributed by atoms with Gasteiger partial charge in [-0.05, 0) is 66.6 Å². The number of aryl methyl sites for hydroxylation is 1. The second kappa shape index (κ2) is 12.6. The van der Waals surface area contributed by atoms with Crippen molar-refractivity contribution >= 4 is 43.2 Å². The monoisotopic (exact) mass is 607 g/mol. The van der Waals surface area contributed by atoms with Gasteiger partial charge < -0.3 is 14.8 Å². The van der Waals surface area contributed by atoms with Crippen LogP contribution in [0.25, 0.3) is 0 Å². The van der Waals surface area contributed by atoms with E-state index in [2.05, 4.69) is 5.32 Å². The molecule has 0 aliphatic carbocycles. The first-order chi connectivity index (χ1) is 19.0. The van der Waals surface area contributed by atoms with Crippen molar-refractivity contribution in [3.8, 4) is 5.75 Å². The number of nitrogens with zero attached hydrogens (tertiary/aromatic N) is 2. The highest BCUT2D eigenvalue weighted by Crippen LogP contribution is 2.31. The molecule has 0 unspecified atom stereocenters. The average molecular weight is 608 g/mol. The number of ether oxygens (including phenoxy) is 2. The number of sulfonamides is 2. The fraction of sp³-hybridized carbons (Fsp3) is 0.296. The molecular formula is C27H30ClN3O7S2. The molecule has 0 radical (unpaired) electrons. The van der Waals surface area contributed by atoms with Gasteiger partial charge in [0.15, 0.2) is 0 Å². The largest absolute Gasteiger partial charge is 0.495 e. The van der Waals surface area contributed by atoms with Crippen molar-refractivity contribution in [3.63, 3.8) is 0 Å². The fourth-order valence-electron chi connectivity index (χ4n) is 4.13. The van der Waals surface area contributed by atoms with Crippen molar-refractivity contribution in [3.05, 3.63) is 82.9 Å². The number of anilines is 1. The number of methoxy groups -OCH3 is 1. The molecule has 1 fully saturated rings. The molecule has 0 aromatic heterocycles. The maximum absolute atomic E-state index is 13.8. The molecule has 1 saturated heterocycles. The number of carbonyl (C=O) groups is 1. The predicted molar refractivity (Wildman–Crippen MR) is 152 cm³/mol. The lowest BCUT2D eigenvalue weighted by Gasteiger charge is -2.26. The number of morpholine rings is 1. The van der Waals surface area contributed by atoms with Gasteiger partial charge >= 0.3 is 0 Å². The lowest BCUT2D eigenvalue weighted by molar-refractivity contribution is -0.119.